The Balaban J connectivity index is 2.38. The molecule has 19 heavy (non-hydrogen) atoms. The lowest BCUT2D eigenvalue weighted by Crippen LogP contribution is -2.36. The minimum Gasteiger partial charge on any atom is -0.385 e. The van der Waals surface area contributed by atoms with Crippen molar-refractivity contribution in [2.75, 3.05) is 13.1 Å². The molecule has 1 heterocycles. The van der Waals surface area contributed by atoms with Crippen molar-refractivity contribution in [1.82, 2.24) is 5.32 Å². The Morgan fingerprint density at radius 1 is 1.32 bits per heavy atom. The minimum absolute atomic E-state index is 0.0408. The van der Waals surface area contributed by atoms with Crippen LogP contribution in [0.1, 0.15) is 30.9 Å². The Kier molecular flexibility index (Phi) is 3.87. The number of nitrogens with one attached hydrogen (secondary N) is 1. The Morgan fingerprint density at radius 3 is 2.53 bits per heavy atom. The first-order valence-corrected chi connectivity index (χ1v) is 6.48. The molecule has 2 nitrogen and oxygen atoms in total. The van der Waals surface area contributed by atoms with Crippen molar-refractivity contribution in [3.63, 3.8) is 0 Å². The first-order valence-electron chi connectivity index (χ1n) is 6.48. The number of alkyl halides is 3. The predicted octanol–water partition coefficient (Wildman–Crippen LogP) is 2.91. The van der Waals surface area contributed by atoms with Gasteiger partial charge >= 0.3 is 6.18 Å². The third-order valence-corrected chi connectivity index (χ3v) is 3.96. The lowest BCUT2D eigenvalue weighted by molar-refractivity contribution is -0.137. The van der Waals surface area contributed by atoms with E-state index in [0.717, 1.165) is 25.1 Å². The van der Waals surface area contributed by atoms with E-state index in [2.05, 4.69) is 5.32 Å². The predicted molar refractivity (Wildman–Crippen MR) is 66.6 cm³/mol. The summed E-state index contributed by atoms with van der Waals surface area (Å²) in [7, 11) is 0. The van der Waals surface area contributed by atoms with Crippen LogP contribution >= 0.6 is 0 Å². The number of hydrogen-bond acceptors (Lipinski definition) is 2. The molecule has 0 radical (unpaired) electrons. The summed E-state index contributed by atoms with van der Waals surface area (Å²) in [5, 5.41) is 13.9. The molecule has 0 amide bonds. The average Bonchev–Trinajstić information content (AvgIpc) is 2.91. The maximum atomic E-state index is 12.7. The molecule has 0 bridgehead atoms. The van der Waals surface area contributed by atoms with Gasteiger partial charge in [-0.3, -0.25) is 0 Å². The number of halogens is 3. The summed E-state index contributed by atoms with van der Waals surface area (Å²) < 4.78 is 38.2. The van der Waals surface area contributed by atoms with Crippen LogP contribution in [0.3, 0.4) is 0 Å². The number of aliphatic hydroxyl groups is 1. The smallest absolute Gasteiger partial charge is 0.385 e. The van der Waals surface area contributed by atoms with Crippen LogP contribution in [0.2, 0.25) is 0 Å². The van der Waals surface area contributed by atoms with Crippen molar-refractivity contribution in [2.45, 2.75) is 31.5 Å². The van der Waals surface area contributed by atoms with Gasteiger partial charge in [-0.15, -0.1) is 0 Å². The summed E-state index contributed by atoms with van der Waals surface area (Å²) in [4.78, 5) is 0. The Morgan fingerprint density at radius 2 is 2.00 bits per heavy atom. The first kappa shape index (κ1) is 14.3. The molecule has 2 N–H and O–H groups in total. The summed E-state index contributed by atoms with van der Waals surface area (Å²) in [6.07, 6.45) is -3.19. The molecule has 0 saturated carbocycles. The molecule has 1 fully saturated rings. The summed E-state index contributed by atoms with van der Waals surface area (Å²) >= 11 is 0. The van der Waals surface area contributed by atoms with Crippen molar-refractivity contribution < 1.29 is 18.3 Å². The molecule has 106 valence electrons. The van der Waals surface area contributed by atoms with Crippen LogP contribution in [0, 0.1) is 5.92 Å². The highest BCUT2D eigenvalue weighted by Gasteiger charge is 2.40. The highest BCUT2D eigenvalue weighted by atomic mass is 19.4. The van der Waals surface area contributed by atoms with E-state index in [9.17, 15) is 18.3 Å². The molecule has 0 aliphatic carbocycles. The molecule has 0 unspecified atom stereocenters. The van der Waals surface area contributed by atoms with Gasteiger partial charge in [-0.05, 0) is 37.1 Å². The van der Waals surface area contributed by atoms with Gasteiger partial charge in [0.25, 0.3) is 0 Å². The second kappa shape index (κ2) is 5.13. The van der Waals surface area contributed by atoms with Gasteiger partial charge in [-0.1, -0.05) is 19.1 Å². The lowest BCUT2D eigenvalue weighted by Gasteiger charge is -2.33. The molecule has 5 heteroatoms. The number of benzene rings is 1. The van der Waals surface area contributed by atoms with Crippen molar-refractivity contribution in [3.8, 4) is 0 Å². The minimum atomic E-state index is -4.38. The van der Waals surface area contributed by atoms with Gasteiger partial charge in [0.15, 0.2) is 0 Å². The van der Waals surface area contributed by atoms with E-state index < -0.39 is 17.3 Å². The molecule has 1 aliphatic heterocycles. The van der Waals surface area contributed by atoms with E-state index in [0.29, 0.717) is 18.5 Å². The Labute approximate surface area is 110 Å². The zero-order chi connectivity index (χ0) is 14.1. The zero-order valence-corrected chi connectivity index (χ0v) is 10.8. The van der Waals surface area contributed by atoms with Crippen LogP contribution in [0.5, 0.6) is 0 Å². The average molecular weight is 273 g/mol. The molecule has 1 saturated heterocycles. The van der Waals surface area contributed by atoms with Crippen LogP contribution in [0.25, 0.3) is 0 Å². The second-order valence-electron chi connectivity index (χ2n) is 5.05. The third-order valence-electron chi connectivity index (χ3n) is 3.96. The van der Waals surface area contributed by atoms with Gasteiger partial charge in [0, 0.05) is 12.5 Å². The normalized spacial score (nSPS) is 23.3. The maximum Gasteiger partial charge on any atom is 0.416 e. The van der Waals surface area contributed by atoms with Crippen molar-refractivity contribution in [3.05, 3.63) is 35.4 Å². The summed E-state index contributed by atoms with van der Waals surface area (Å²) in [6, 6.07) is 5.05. The SMILES string of the molecule is CC[C@@](O)(c1cccc(C(F)(F)F)c1)[C@@H]1CCNC1. The summed E-state index contributed by atoms with van der Waals surface area (Å²) in [5.41, 5.74) is -1.54. The highest BCUT2D eigenvalue weighted by molar-refractivity contribution is 5.31. The van der Waals surface area contributed by atoms with E-state index in [4.69, 9.17) is 0 Å². The Bertz CT molecular complexity index is 441. The van der Waals surface area contributed by atoms with Crippen molar-refractivity contribution in [1.29, 1.82) is 0 Å². The molecule has 1 aromatic rings. The van der Waals surface area contributed by atoms with E-state index in [-0.39, 0.29) is 5.92 Å². The number of rotatable bonds is 3. The molecule has 0 aromatic heterocycles. The molecule has 1 aliphatic rings. The van der Waals surface area contributed by atoms with Crippen molar-refractivity contribution in [2.24, 2.45) is 5.92 Å². The number of hydrogen-bond donors (Lipinski definition) is 2. The topological polar surface area (TPSA) is 32.3 Å². The fraction of sp³-hybridized carbons (Fsp3) is 0.571. The van der Waals surface area contributed by atoms with Gasteiger partial charge in [0.2, 0.25) is 0 Å². The van der Waals surface area contributed by atoms with Gasteiger partial charge in [-0.2, -0.15) is 13.2 Å². The van der Waals surface area contributed by atoms with E-state index in [1.165, 1.54) is 6.07 Å². The van der Waals surface area contributed by atoms with Gasteiger partial charge < -0.3 is 10.4 Å². The third kappa shape index (κ3) is 2.77. The van der Waals surface area contributed by atoms with Crippen molar-refractivity contribution >= 4 is 0 Å². The monoisotopic (exact) mass is 273 g/mol. The van der Waals surface area contributed by atoms with Crippen LogP contribution in [0.15, 0.2) is 24.3 Å². The van der Waals surface area contributed by atoms with Crippen LogP contribution in [0.4, 0.5) is 13.2 Å². The van der Waals surface area contributed by atoms with E-state index in [1.807, 2.05) is 0 Å². The van der Waals surface area contributed by atoms with E-state index >= 15 is 0 Å². The van der Waals surface area contributed by atoms with Gasteiger partial charge in [0.1, 0.15) is 0 Å². The zero-order valence-electron chi connectivity index (χ0n) is 10.8. The second-order valence-corrected chi connectivity index (χ2v) is 5.05. The molecule has 0 spiro atoms. The van der Waals surface area contributed by atoms with Crippen LogP contribution < -0.4 is 5.32 Å². The summed E-state index contributed by atoms with van der Waals surface area (Å²) in [5.74, 6) is -0.0408. The molecular weight excluding hydrogens is 255 g/mol. The van der Waals surface area contributed by atoms with Crippen LogP contribution in [-0.2, 0) is 11.8 Å². The molecular formula is C14H18F3NO. The lowest BCUT2D eigenvalue weighted by atomic mass is 9.78. The Hall–Kier alpha value is -1.07. The molecule has 2 atom stereocenters. The van der Waals surface area contributed by atoms with Gasteiger partial charge in [0.05, 0.1) is 11.2 Å². The standard InChI is InChI=1S/C14H18F3NO/c1-2-13(19,12-6-7-18-9-12)10-4-3-5-11(8-10)14(15,16)17/h3-5,8,12,18-19H,2,6-7,9H2,1H3/t12-,13-/m1/s1. The fourth-order valence-electron chi connectivity index (χ4n) is 2.76. The fourth-order valence-corrected chi connectivity index (χ4v) is 2.76. The molecule has 2 rings (SSSR count). The van der Waals surface area contributed by atoms with E-state index in [1.54, 1.807) is 13.0 Å². The maximum absolute atomic E-state index is 12.7. The quantitative estimate of drug-likeness (QED) is 0.887. The van der Waals surface area contributed by atoms with Crippen LogP contribution in [-0.4, -0.2) is 18.2 Å². The largest absolute Gasteiger partial charge is 0.416 e. The first-order chi connectivity index (χ1) is 8.88. The van der Waals surface area contributed by atoms with Gasteiger partial charge in [-0.25, -0.2) is 0 Å². The highest BCUT2D eigenvalue weighted by Crippen LogP contribution is 2.39. The molecule has 1 aromatic carbocycles. The summed E-state index contributed by atoms with van der Waals surface area (Å²) in [6.45, 7) is 3.24.